The number of anilines is 2. The van der Waals surface area contributed by atoms with E-state index in [1.54, 1.807) is 0 Å². The molecule has 3 aliphatic rings. The quantitative estimate of drug-likeness (QED) is 0.203. The lowest BCUT2D eigenvalue weighted by molar-refractivity contribution is 0.660. The molecular weight excluding hydrogens is 550 g/mol. The number of allylic oxidation sites excluding steroid dienone is 2. The molecule has 0 amide bonds. The highest BCUT2D eigenvalue weighted by Gasteiger charge is 2.36. The molecule has 45 heavy (non-hydrogen) atoms. The van der Waals surface area contributed by atoms with Gasteiger partial charge in [-0.15, -0.1) is 0 Å². The summed E-state index contributed by atoms with van der Waals surface area (Å²) >= 11 is 0. The second kappa shape index (κ2) is 7.96. The molecule has 5 aromatic carbocycles. The smallest absolute Gasteiger partial charge is 0.136 e. The number of nitrogens with zero attached hydrogens (tertiary/aromatic N) is 1. The molecule has 0 saturated heterocycles. The molecule has 11 rings (SSSR count). The second-order valence-electron chi connectivity index (χ2n) is 13.5. The average Bonchev–Trinajstić information content (AvgIpc) is 3.76. The highest BCUT2D eigenvalue weighted by molar-refractivity contribution is 6.24. The molecule has 2 aliphatic carbocycles. The third-order valence-electron chi connectivity index (χ3n) is 10.8. The standard InChI is InChI=1S/C41H29N3O/c1-41(2)31-11-5-3-9-24(31)26-17-22(15-16-32(26)41)23-18-29-27-21-37-28(25-10-4-8-14-36(25)45-37)20-35(27)44-39(29)30(19-23)38-40(44)43-34-13-7-6-12-33(34)42-38/h3-21,33-34,42-43H,1-2H3. The summed E-state index contributed by atoms with van der Waals surface area (Å²) in [7, 11) is 0. The number of nitrogens with one attached hydrogen (secondary N) is 2. The van der Waals surface area contributed by atoms with E-state index in [0.29, 0.717) is 0 Å². The fourth-order valence-electron chi connectivity index (χ4n) is 8.58. The van der Waals surface area contributed by atoms with Crippen LogP contribution in [0.4, 0.5) is 11.5 Å². The molecule has 214 valence electrons. The van der Waals surface area contributed by atoms with Crippen LogP contribution in [-0.4, -0.2) is 16.5 Å². The molecule has 1 aliphatic heterocycles. The molecule has 4 heterocycles. The number of fused-ring (bicyclic) bond motifs is 13. The lowest BCUT2D eigenvalue weighted by Gasteiger charge is -2.33. The Bertz CT molecular complexity index is 2650. The number of hydrogen-bond acceptors (Lipinski definition) is 3. The molecule has 4 heteroatoms. The SMILES string of the molecule is CC1(C)c2ccccc2-c2cc(-c3cc4c5c(n6c7cc8c(cc7c(c3)c46)oc3ccccc38)NC3C=CC=CC3N5)ccc21. The van der Waals surface area contributed by atoms with E-state index in [1.807, 2.05) is 6.07 Å². The summed E-state index contributed by atoms with van der Waals surface area (Å²) in [4.78, 5) is 0. The van der Waals surface area contributed by atoms with Crippen molar-refractivity contribution in [3.8, 4) is 22.3 Å². The molecule has 0 fully saturated rings. The zero-order valence-electron chi connectivity index (χ0n) is 25.0. The van der Waals surface area contributed by atoms with Crippen LogP contribution in [-0.2, 0) is 5.41 Å². The van der Waals surface area contributed by atoms with Crippen molar-refractivity contribution in [2.75, 3.05) is 10.6 Å². The molecule has 2 N–H and O–H groups in total. The Morgan fingerprint density at radius 2 is 1.40 bits per heavy atom. The van der Waals surface area contributed by atoms with Crippen LogP contribution in [0.3, 0.4) is 0 Å². The third kappa shape index (κ3) is 2.93. The van der Waals surface area contributed by atoms with E-state index in [1.165, 1.54) is 66.3 Å². The topological polar surface area (TPSA) is 41.6 Å². The number of benzene rings is 5. The number of para-hydroxylation sites is 1. The zero-order valence-corrected chi connectivity index (χ0v) is 25.0. The lowest BCUT2D eigenvalue weighted by Crippen LogP contribution is -2.41. The molecule has 3 aromatic heterocycles. The first-order valence-electron chi connectivity index (χ1n) is 15.9. The normalized spacial score (nSPS) is 19.2. The van der Waals surface area contributed by atoms with Crippen LogP contribution in [0.5, 0.6) is 0 Å². The molecule has 2 unspecified atom stereocenters. The van der Waals surface area contributed by atoms with Gasteiger partial charge in [-0.3, -0.25) is 4.40 Å². The molecule has 0 saturated carbocycles. The summed E-state index contributed by atoms with van der Waals surface area (Å²) in [5.74, 6) is 1.13. The zero-order chi connectivity index (χ0) is 29.6. The Labute approximate surface area is 259 Å². The van der Waals surface area contributed by atoms with Gasteiger partial charge in [0.2, 0.25) is 0 Å². The largest absolute Gasteiger partial charge is 0.456 e. The van der Waals surface area contributed by atoms with Gasteiger partial charge in [0.1, 0.15) is 17.0 Å². The molecular formula is C41H29N3O. The predicted molar refractivity (Wildman–Crippen MR) is 187 cm³/mol. The van der Waals surface area contributed by atoms with Gasteiger partial charge in [-0.05, 0) is 69.8 Å². The average molecular weight is 580 g/mol. The fourth-order valence-corrected chi connectivity index (χ4v) is 8.58. The van der Waals surface area contributed by atoms with E-state index >= 15 is 0 Å². The van der Waals surface area contributed by atoms with Gasteiger partial charge in [0.25, 0.3) is 0 Å². The van der Waals surface area contributed by atoms with Gasteiger partial charge in [0, 0.05) is 32.3 Å². The van der Waals surface area contributed by atoms with E-state index in [9.17, 15) is 0 Å². The Morgan fingerprint density at radius 3 is 2.31 bits per heavy atom. The maximum absolute atomic E-state index is 6.40. The monoisotopic (exact) mass is 579 g/mol. The molecule has 4 nitrogen and oxygen atoms in total. The van der Waals surface area contributed by atoms with Crippen molar-refractivity contribution in [3.05, 3.63) is 126 Å². The maximum atomic E-state index is 6.40. The maximum Gasteiger partial charge on any atom is 0.136 e. The van der Waals surface area contributed by atoms with Gasteiger partial charge in [-0.25, -0.2) is 0 Å². The van der Waals surface area contributed by atoms with E-state index in [4.69, 9.17) is 4.42 Å². The van der Waals surface area contributed by atoms with Crippen molar-refractivity contribution >= 4 is 60.6 Å². The van der Waals surface area contributed by atoms with Crippen LogP contribution in [0.2, 0.25) is 0 Å². The summed E-state index contributed by atoms with van der Waals surface area (Å²) in [6.07, 6.45) is 8.79. The molecule has 0 bridgehead atoms. The van der Waals surface area contributed by atoms with Crippen LogP contribution >= 0.6 is 0 Å². The van der Waals surface area contributed by atoms with Crippen molar-refractivity contribution in [2.24, 2.45) is 0 Å². The number of aromatic nitrogens is 1. The Balaban J connectivity index is 1.23. The van der Waals surface area contributed by atoms with E-state index in [2.05, 4.69) is 138 Å². The number of rotatable bonds is 1. The summed E-state index contributed by atoms with van der Waals surface area (Å²) in [5, 5.41) is 13.8. The van der Waals surface area contributed by atoms with Crippen molar-refractivity contribution < 1.29 is 4.42 Å². The highest BCUT2D eigenvalue weighted by atomic mass is 16.3. The van der Waals surface area contributed by atoms with Gasteiger partial charge in [0.15, 0.2) is 0 Å². The van der Waals surface area contributed by atoms with Crippen LogP contribution in [0.15, 0.2) is 120 Å². The van der Waals surface area contributed by atoms with Crippen LogP contribution in [0.25, 0.3) is 71.4 Å². The minimum atomic E-state index is -0.0102. The van der Waals surface area contributed by atoms with Crippen molar-refractivity contribution in [1.82, 2.24) is 4.40 Å². The summed E-state index contributed by atoms with van der Waals surface area (Å²) in [5.41, 5.74) is 13.4. The molecule has 8 aromatic rings. The minimum Gasteiger partial charge on any atom is -0.456 e. The van der Waals surface area contributed by atoms with Crippen LogP contribution in [0.1, 0.15) is 25.0 Å². The molecule has 0 spiro atoms. The Morgan fingerprint density at radius 1 is 0.622 bits per heavy atom. The third-order valence-corrected chi connectivity index (χ3v) is 10.8. The first-order valence-corrected chi connectivity index (χ1v) is 15.9. The van der Waals surface area contributed by atoms with Crippen molar-refractivity contribution in [2.45, 2.75) is 31.3 Å². The minimum absolute atomic E-state index is 0.0102. The van der Waals surface area contributed by atoms with E-state index in [0.717, 1.165) is 27.8 Å². The van der Waals surface area contributed by atoms with Crippen LogP contribution < -0.4 is 10.6 Å². The summed E-state index contributed by atoms with van der Waals surface area (Å²) in [6, 6.07) is 34.1. The second-order valence-corrected chi connectivity index (χ2v) is 13.5. The first-order chi connectivity index (χ1) is 22.0. The highest BCUT2D eigenvalue weighted by Crippen LogP contribution is 2.51. The molecule has 0 radical (unpaired) electrons. The Hall–Kier alpha value is -5.48. The van der Waals surface area contributed by atoms with Gasteiger partial charge in [-0.1, -0.05) is 92.7 Å². The van der Waals surface area contributed by atoms with Gasteiger partial charge in [0.05, 0.1) is 28.8 Å². The van der Waals surface area contributed by atoms with Gasteiger partial charge >= 0.3 is 0 Å². The predicted octanol–water partition coefficient (Wildman–Crippen LogP) is 10.3. The van der Waals surface area contributed by atoms with Crippen molar-refractivity contribution in [1.29, 1.82) is 0 Å². The van der Waals surface area contributed by atoms with Gasteiger partial charge < -0.3 is 15.1 Å². The number of hydrogen-bond donors (Lipinski definition) is 2. The van der Waals surface area contributed by atoms with Gasteiger partial charge in [-0.2, -0.15) is 0 Å². The van der Waals surface area contributed by atoms with E-state index in [-0.39, 0.29) is 17.5 Å². The first kappa shape index (κ1) is 23.9. The number of furan rings is 1. The Kier molecular flexibility index (Phi) is 4.23. The van der Waals surface area contributed by atoms with Crippen molar-refractivity contribution in [3.63, 3.8) is 0 Å². The summed E-state index contributed by atoms with van der Waals surface area (Å²) in [6.45, 7) is 4.69. The van der Waals surface area contributed by atoms with Crippen LogP contribution in [0, 0.1) is 0 Å². The fraction of sp³-hybridized carbons (Fsp3) is 0.122. The molecule has 2 atom stereocenters. The van der Waals surface area contributed by atoms with E-state index < -0.39 is 0 Å². The summed E-state index contributed by atoms with van der Waals surface area (Å²) < 4.78 is 8.84. The lowest BCUT2D eigenvalue weighted by atomic mass is 9.82.